The topological polar surface area (TPSA) is 40.5 Å². The van der Waals surface area contributed by atoms with Crippen molar-refractivity contribution in [2.45, 2.75) is 119 Å². The second kappa shape index (κ2) is 19.2. The van der Waals surface area contributed by atoms with Crippen molar-refractivity contribution in [1.82, 2.24) is 0 Å². The zero-order chi connectivity index (χ0) is 48.9. The van der Waals surface area contributed by atoms with Gasteiger partial charge in [0, 0.05) is 22.3 Å². The first-order valence-corrected chi connectivity index (χ1v) is 24.8. The van der Waals surface area contributed by atoms with Crippen LogP contribution < -0.4 is 0 Å². The molecule has 0 amide bonds. The number of hydrogen-bond donors (Lipinski definition) is 2. The van der Waals surface area contributed by atoms with Crippen LogP contribution in [0.1, 0.15) is 163 Å². The fraction of sp³-hybridized carbons (Fsp3) is 0.273. The minimum atomic E-state index is 0.169. The Hall–Kier alpha value is -6.64. The highest BCUT2D eigenvalue weighted by Crippen LogP contribution is 2.55. The number of hydrogen-bond acceptors (Lipinski definition) is 2. The Bertz CT molecular complexity index is 2930. The highest BCUT2D eigenvalue weighted by molar-refractivity contribution is 6.15. The minimum absolute atomic E-state index is 0.169. The van der Waals surface area contributed by atoms with Crippen LogP contribution in [0.2, 0.25) is 0 Å². The van der Waals surface area contributed by atoms with Crippen molar-refractivity contribution in [3.05, 3.63) is 179 Å². The van der Waals surface area contributed by atoms with Crippen LogP contribution in [-0.2, 0) is 0 Å². The fourth-order valence-electron chi connectivity index (χ4n) is 10.2. The zero-order valence-electron chi connectivity index (χ0n) is 42.5. The van der Waals surface area contributed by atoms with Gasteiger partial charge in [-0.1, -0.05) is 205 Å². The molecule has 68 heavy (non-hydrogen) atoms. The van der Waals surface area contributed by atoms with Crippen LogP contribution in [0.3, 0.4) is 0 Å². The molecule has 8 aromatic rings. The lowest BCUT2D eigenvalue weighted by Crippen LogP contribution is -2.05. The monoisotopic (exact) mass is 895 g/mol. The van der Waals surface area contributed by atoms with Crippen molar-refractivity contribution in [2.24, 2.45) is 0 Å². The maximum Gasteiger partial charge on any atom is 0.132 e. The molecule has 0 radical (unpaired) electrons. The summed E-state index contributed by atoms with van der Waals surface area (Å²) >= 11 is 0. The van der Waals surface area contributed by atoms with E-state index in [1.807, 2.05) is 12.2 Å². The van der Waals surface area contributed by atoms with Crippen molar-refractivity contribution in [1.29, 1.82) is 0 Å². The maximum absolute atomic E-state index is 13.5. The fourth-order valence-corrected chi connectivity index (χ4v) is 10.2. The summed E-state index contributed by atoms with van der Waals surface area (Å²) in [7, 11) is 0. The Morgan fingerprint density at radius 3 is 0.897 bits per heavy atom. The van der Waals surface area contributed by atoms with Crippen LogP contribution in [0.4, 0.5) is 0 Å². The molecule has 0 aliphatic carbocycles. The molecule has 8 aromatic carbocycles. The summed E-state index contributed by atoms with van der Waals surface area (Å²) in [5, 5.41) is 30.7. The van der Waals surface area contributed by atoms with E-state index in [4.69, 9.17) is 0 Å². The van der Waals surface area contributed by atoms with Gasteiger partial charge in [0.15, 0.2) is 0 Å². The third-order valence-electron chi connectivity index (χ3n) is 14.2. The summed E-state index contributed by atoms with van der Waals surface area (Å²) in [4.78, 5) is 0. The predicted octanol–water partition coefficient (Wildman–Crippen LogP) is 19.8. The van der Waals surface area contributed by atoms with Gasteiger partial charge in [-0.25, -0.2) is 0 Å². The third-order valence-corrected chi connectivity index (χ3v) is 14.2. The van der Waals surface area contributed by atoms with Crippen molar-refractivity contribution in [2.75, 3.05) is 0 Å². The second-order valence-electron chi connectivity index (χ2n) is 20.9. The van der Waals surface area contributed by atoms with Crippen LogP contribution in [-0.4, -0.2) is 10.2 Å². The zero-order valence-corrected chi connectivity index (χ0v) is 42.5. The summed E-state index contributed by atoms with van der Waals surface area (Å²) < 4.78 is 0. The molecule has 0 aliphatic rings. The molecule has 8 rings (SSSR count). The molecule has 0 spiro atoms. The molecule has 0 unspecified atom stereocenters. The molecule has 0 saturated carbocycles. The number of fused-ring (bicyclic) bond motifs is 2. The van der Waals surface area contributed by atoms with Crippen molar-refractivity contribution in [3.8, 4) is 67.1 Å². The third kappa shape index (κ3) is 8.82. The number of phenols is 2. The summed E-state index contributed by atoms with van der Waals surface area (Å²) in [5.74, 6) is 1.75. The van der Waals surface area contributed by atoms with Crippen molar-refractivity contribution < 1.29 is 10.2 Å². The average molecular weight is 895 g/mol. The van der Waals surface area contributed by atoms with E-state index in [0.717, 1.165) is 77.2 Å². The Balaban J connectivity index is 1.57. The van der Waals surface area contributed by atoms with Crippen LogP contribution in [0.25, 0.3) is 89.3 Å². The Kier molecular flexibility index (Phi) is 13.5. The van der Waals surface area contributed by atoms with E-state index in [2.05, 4.69) is 218 Å². The van der Waals surface area contributed by atoms with Gasteiger partial charge in [0.05, 0.1) is 0 Å². The highest BCUT2D eigenvalue weighted by atomic mass is 16.3. The molecule has 0 bridgehead atoms. The Morgan fingerprint density at radius 2 is 0.632 bits per heavy atom. The molecule has 0 fully saturated rings. The Morgan fingerprint density at radius 1 is 0.338 bits per heavy atom. The summed E-state index contributed by atoms with van der Waals surface area (Å²) in [5.41, 5.74) is 18.8. The molecular formula is C66H70O2. The van der Waals surface area contributed by atoms with Crippen LogP contribution in [0.15, 0.2) is 134 Å². The van der Waals surface area contributed by atoms with Crippen LogP contribution >= 0.6 is 0 Å². The Labute approximate surface area is 406 Å². The van der Waals surface area contributed by atoms with E-state index < -0.39 is 0 Å². The summed E-state index contributed by atoms with van der Waals surface area (Å²) in [6.45, 7) is 35.0. The second-order valence-corrected chi connectivity index (χ2v) is 20.9. The highest BCUT2D eigenvalue weighted by Gasteiger charge is 2.29. The lowest BCUT2D eigenvalue weighted by Gasteiger charge is -2.27. The number of aromatic hydroxyl groups is 2. The van der Waals surface area contributed by atoms with E-state index in [-0.39, 0.29) is 35.2 Å². The SMILES string of the molecule is C=Cc1ccc(-c2ccc3c(-c4c(O)c(-c5c(C(C)C)cc(C(C)C)cc5C(C)C)cc5cc(-c6ccc(C=C)cc6)ccc45)c(O)c(-c4c(C(C)C)cc(C(C)C)cc4C(C)C)cc3c2)cc1. The number of benzene rings is 8. The van der Waals surface area contributed by atoms with Gasteiger partial charge in [-0.2, -0.15) is 0 Å². The van der Waals surface area contributed by atoms with Gasteiger partial charge in [-0.05, 0) is 159 Å². The lowest BCUT2D eigenvalue weighted by atomic mass is 9.78. The quantitative estimate of drug-likeness (QED) is 0.121. The van der Waals surface area contributed by atoms with Crippen LogP contribution in [0.5, 0.6) is 11.5 Å². The predicted molar refractivity (Wildman–Crippen MR) is 297 cm³/mol. The maximum atomic E-state index is 13.5. The largest absolute Gasteiger partial charge is 0.507 e. The van der Waals surface area contributed by atoms with Gasteiger partial charge in [-0.3, -0.25) is 0 Å². The first kappa shape index (κ1) is 47.8. The van der Waals surface area contributed by atoms with Crippen molar-refractivity contribution >= 4 is 33.7 Å². The molecule has 0 aromatic heterocycles. The number of phenolic OH excluding ortho intramolecular Hbond substituents is 2. The first-order valence-electron chi connectivity index (χ1n) is 24.8. The summed E-state index contributed by atoms with van der Waals surface area (Å²) in [6, 6.07) is 43.9. The van der Waals surface area contributed by atoms with Gasteiger partial charge in [0.2, 0.25) is 0 Å². The standard InChI is InChI=1S/C66H70O2/c1-15-43-17-21-45(22-18-43)47-25-27-53-51(29-47)35-59(61-55(39(7)8)31-49(37(3)4)32-56(61)40(9)10)65(67)63(53)64-54-28-26-48(46-23-19-44(16-2)20-24-46)30-52(54)36-60(66(64)68)62-57(41(11)12)33-50(38(5)6)34-58(62)42(13)14/h15-42,67-68H,1-2H2,3-14H3. The normalized spacial score (nSPS) is 12.0. The minimum Gasteiger partial charge on any atom is -0.507 e. The van der Waals surface area contributed by atoms with Crippen LogP contribution in [0, 0.1) is 0 Å². The van der Waals surface area contributed by atoms with E-state index in [1.165, 1.54) is 33.4 Å². The van der Waals surface area contributed by atoms with E-state index in [1.54, 1.807) is 0 Å². The lowest BCUT2D eigenvalue weighted by molar-refractivity contribution is 0.472. The number of rotatable bonds is 13. The van der Waals surface area contributed by atoms with Gasteiger partial charge in [-0.15, -0.1) is 0 Å². The summed E-state index contributed by atoms with van der Waals surface area (Å²) in [6.07, 6.45) is 3.74. The molecular weight excluding hydrogens is 825 g/mol. The van der Waals surface area contributed by atoms with Gasteiger partial charge >= 0.3 is 0 Å². The average Bonchev–Trinajstić information content (AvgIpc) is 3.32. The molecule has 346 valence electrons. The van der Waals surface area contributed by atoms with E-state index in [0.29, 0.717) is 23.0 Å². The molecule has 2 heteroatoms. The van der Waals surface area contributed by atoms with E-state index in [9.17, 15) is 10.2 Å². The molecule has 0 aliphatic heterocycles. The molecule has 0 saturated heterocycles. The van der Waals surface area contributed by atoms with Crippen molar-refractivity contribution in [3.63, 3.8) is 0 Å². The first-order chi connectivity index (χ1) is 32.4. The van der Waals surface area contributed by atoms with Gasteiger partial charge < -0.3 is 10.2 Å². The molecule has 0 atom stereocenters. The van der Waals surface area contributed by atoms with Gasteiger partial charge in [0.25, 0.3) is 0 Å². The molecule has 2 nitrogen and oxygen atoms in total. The van der Waals surface area contributed by atoms with Gasteiger partial charge in [0.1, 0.15) is 11.5 Å². The molecule has 0 heterocycles. The smallest absolute Gasteiger partial charge is 0.132 e. The molecule has 2 N–H and O–H groups in total. The van der Waals surface area contributed by atoms with E-state index >= 15 is 0 Å².